The maximum atomic E-state index is 12.7. The molecule has 0 unspecified atom stereocenters. The molecule has 0 aliphatic heterocycles. The van der Waals surface area contributed by atoms with Gasteiger partial charge in [-0.1, -0.05) is 12.1 Å². The molecule has 1 heterocycles. The van der Waals surface area contributed by atoms with E-state index in [9.17, 15) is 4.79 Å². The van der Waals surface area contributed by atoms with Gasteiger partial charge in [0.05, 0.1) is 11.3 Å². The SMILES string of the molecule is CCN(C(=O)c1cnc(C)nc1C)c1cccc(C)c1. The minimum absolute atomic E-state index is 0.0596. The third-order valence-electron chi connectivity index (χ3n) is 3.20. The summed E-state index contributed by atoms with van der Waals surface area (Å²) in [5.74, 6) is 0.619. The number of aromatic nitrogens is 2. The third-order valence-corrected chi connectivity index (χ3v) is 3.20. The fraction of sp³-hybridized carbons (Fsp3) is 0.312. The number of amides is 1. The Hall–Kier alpha value is -2.23. The number of carbonyl (C=O) groups is 1. The zero-order valence-electron chi connectivity index (χ0n) is 12.3. The number of hydrogen-bond donors (Lipinski definition) is 0. The van der Waals surface area contributed by atoms with Crippen LogP contribution in [-0.2, 0) is 0 Å². The number of nitrogens with zero attached hydrogens (tertiary/aromatic N) is 3. The van der Waals surface area contributed by atoms with Gasteiger partial charge in [-0.05, 0) is 45.4 Å². The second kappa shape index (κ2) is 5.82. The van der Waals surface area contributed by atoms with Gasteiger partial charge in [0, 0.05) is 18.4 Å². The summed E-state index contributed by atoms with van der Waals surface area (Å²) < 4.78 is 0. The molecule has 20 heavy (non-hydrogen) atoms. The molecule has 1 aromatic carbocycles. The number of carbonyl (C=O) groups excluding carboxylic acids is 1. The molecule has 2 rings (SSSR count). The molecule has 0 spiro atoms. The van der Waals surface area contributed by atoms with Gasteiger partial charge in [-0.15, -0.1) is 0 Å². The first kappa shape index (κ1) is 14.2. The Morgan fingerprint density at radius 1 is 1.25 bits per heavy atom. The topological polar surface area (TPSA) is 46.1 Å². The average molecular weight is 269 g/mol. The van der Waals surface area contributed by atoms with Crippen molar-refractivity contribution in [3.8, 4) is 0 Å². The van der Waals surface area contributed by atoms with Crippen molar-refractivity contribution < 1.29 is 4.79 Å². The molecule has 0 N–H and O–H groups in total. The van der Waals surface area contributed by atoms with E-state index >= 15 is 0 Å². The molecular weight excluding hydrogens is 250 g/mol. The van der Waals surface area contributed by atoms with E-state index in [0.717, 1.165) is 11.3 Å². The van der Waals surface area contributed by atoms with Crippen LogP contribution in [0.1, 0.15) is 34.4 Å². The molecular formula is C16H19N3O. The summed E-state index contributed by atoms with van der Waals surface area (Å²) >= 11 is 0. The van der Waals surface area contributed by atoms with E-state index in [0.29, 0.717) is 23.6 Å². The highest BCUT2D eigenvalue weighted by Crippen LogP contribution is 2.19. The maximum Gasteiger partial charge on any atom is 0.261 e. The molecule has 0 saturated heterocycles. The molecule has 4 heteroatoms. The normalized spacial score (nSPS) is 10.4. The van der Waals surface area contributed by atoms with Gasteiger partial charge >= 0.3 is 0 Å². The third kappa shape index (κ3) is 2.85. The van der Waals surface area contributed by atoms with Gasteiger partial charge in [-0.2, -0.15) is 0 Å². The predicted octanol–water partition coefficient (Wildman–Crippen LogP) is 3.07. The number of rotatable bonds is 3. The van der Waals surface area contributed by atoms with Crippen LogP contribution < -0.4 is 4.90 Å². The Balaban J connectivity index is 2.39. The van der Waals surface area contributed by atoms with E-state index < -0.39 is 0 Å². The average Bonchev–Trinajstić information content (AvgIpc) is 2.39. The Kier molecular flexibility index (Phi) is 4.13. The highest BCUT2D eigenvalue weighted by atomic mass is 16.2. The Bertz CT molecular complexity index is 637. The Morgan fingerprint density at radius 2 is 2.00 bits per heavy atom. The van der Waals surface area contributed by atoms with E-state index in [-0.39, 0.29) is 5.91 Å². The first-order chi connectivity index (χ1) is 9.52. The lowest BCUT2D eigenvalue weighted by Gasteiger charge is -2.22. The van der Waals surface area contributed by atoms with Crippen molar-refractivity contribution in [3.63, 3.8) is 0 Å². The molecule has 0 fully saturated rings. The quantitative estimate of drug-likeness (QED) is 0.860. The molecule has 0 atom stereocenters. The Morgan fingerprint density at radius 3 is 2.60 bits per heavy atom. The number of hydrogen-bond acceptors (Lipinski definition) is 3. The second-order valence-corrected chi connectivity index (χ2v) is 4.80. The number of benzene rings is 1. The molecule has 104 valence electrons. The maximum absolute atomic E-state index is 12.7. The van der Waals surface area contributed by atoms with Crippen LogP contribution in [-0.4, -0.2) is 22.4 Å². The van der Waals surface area contributed by atoms with Crippen molar-refractivity contribution in [2.24, 2.45) is 0 Å². The summed E-state index contributed by atoms with van der Waals surface area (Å²) in [5.41, 5.74) is 3.30. The van der Waals surface area contributed by atoms with E-state index in [2.05, 4.69) is 9.97 Å². The summed E-state index contributed by atoms with van der Waals surface area (Å²) in [6, 6.07) is 7.92. The van der Waals surface area contributed by atoms with Gasteiger partial charge in [0.25, 0.3) is 5.91 Å². The molecule has 2 aromatic rings. The summed E-state index contributed by atoms with van der Waals surface area (Å²) in [7, 11) is 0. The van der Waals surface area contributed by atoms with Gasteiger partial charge in [0.1, 0.15) is 5.82 Å². The first-order valence-corrected chi connectivity index (χ1v) is 6.71. The Labute approximate surface area is 119 Å². The fourth-order valence-corrected chi connectivity index (χ4v) is 2.18. The predicted molar refractivity (Wildman–Crippen MR) is 80.0 cm³/mol. The standard InChI is InChI=1S/C16H19N3O/c1-5-19(14-8-6-7-11(2)9-14)16(20)15-10-17-13(4)18-12(15)3/h6-10H,5H2,1-4H3. The highest BCUT2D eigenvalue weighted by Gasteiger charge is 2.19. The molecule has 0 radical (unpaired) electrons. The van der Waals surface area contributed by atoms with Crippen molar-refractivity contribution in [2.45, 2.75) is 27.7 Å². The largest absolute Gasteiger partial charge is 0.309 e. The molecule has 0 aliphatic carbocycles. The van der Waals surface area contributed by atoms with Crippen LogP contribution in [0.4, 0.5) is 5.69 Å². The summed E-state index contributed by atoms with van der Waals surface area (Å²) in [4.78, 5) is 22.8. The van der Waals surface area contributed by atoms with Crippen molar-refractivity contribution in [1.82, 2.24) is 9.97 Å². The smallest absolute Gasteiger partial charge is 0.261 e. The second-order valence-electron chi connectivity index (χ2n) is 4.80. The van der Waals surface area contributed by atoms with Crippen LogP contribution in [0.2, 0.25) is 0 Å². The van der Waals surface area contributed by atoms with Crippen LogP contribution >= 0.6 is 0 Å². The van der Waals surface area contributed by atoms with E-state index in [4.69, 9.17) is 0 Å². The summed E-state index contributed by atoms with van der Waals surface area (Å²) in [6.45, 7) is 8.24. The van der Waals surface area contributed by atoms with Gasteiger partial charge < -0.3 is 4.90 Å². The lowest BCUT2D eigenvalue weighted by atomic mass is 10.1. The minimum Gasteiger partial charge on any atom is -0.309 e. The van der Waals surface area contributed by atoms with E-state index in [1.54, 1.807) is 11.1 Å². The molecule has 1 amide bonds. The van der Waals surface area contributed by atoms with E-state index in [1.807, 2.05) is 52.0 Å². The summed E-state index contributed by atoms with van der Waals surface area (Å²) in [5, 5.41) is 0. The van der Waals surface area contributed by atoms with Crippen LogP contribution in [0, 0.1) is 20.8 Å². The van der Waals surface area contributed by atoms with Crippen LogP contribution in [0.5, 0.6) is 0 Å². The highest BCUT2D eigenvalue weighted by molar-refractivity contribution is 6.06. The van der Waals surface area contributed by atoms with Crippen molar-refractivity contribution in [1.29, 1.82) is 0 Å². The van der Waals surface area contributed by atoms with Gasteiger partial charge in [0.2, 0.25) is 0 Å². The monoisotopic (exact) mass is 269 g/mol. The summed E-state index contributed by atoms with van der Waals surface area (Å²) in [6.07, 6.45) is 1.61. The first-order valence-electron chi connectivity index (χ1n) is 6.71. The molecule has 0 bridgehead atoms. The lowest BCUT2D eigenvalue weighted by molar-refractivity contribution is 0.0987. The van der Waals surface area contributed by atoms with E-state index in [1.165, 1.54) is 0 Å². The molecule has 0 aliphatic rings. The zero-order valence-corrected chi connectivity index (χ0v) is 12.3. The van der Waals surface area contributed by atoms with Crippen molar-refractivity contribution in [3.05, 3.63) is 53.1 Å². The number of anilines is 1. The van der Waals surface area contributed by atoms with Crippen LogP contribution in [0.3, 0.4) is 0 Å². The lowest BCUT2D eigenvalue weighted by Crippen LogP contribution is -2.31. The number of aryl methyl sites for hydroxylation is 3. The fourth-order valence-electron chi connectivity index (χ4n) is 2.18. The minimum atomic E-state index is -0.0596. The van der Waals surface area contributed by atoms with Crippen molar-refractivity contribution in [2.75, 3.05) is 11.4 Å². The van der Waals surface area contributed by atoms with Gasteiger partial charge in [0.15, 0.2) is 0 Å². The molecule has 0 saturated carbocycles. The zero-order chi connectivity index (χ0) is 14.7. The molecule has 1 aromatic heterocycles. The molecule has 4 nitrogen and oxygen atoms in total. The van der Waals surface area contributed by atoms with Crippen LogP contribution in [0.15, 0.2) is 30.5 Å². The van der Waals surface area contributed by atoms with Crippen molar-refractivity contribution >= 4 is 11.6 Å². The van der Waals surface area contributed by atoms with Gasteiger partial charge in [-0.25, -0.2) is 9.97 Å². The van der Waals surface area contributed by atoms with Gasteiger partial charge in [-0.3, -0.25) is 4.79 Å². The van der Waals surface area contributed by atoms with Crippen LogP contribution in [0.25, 0.3) is 0 Å².